The van der Waals surface area contributed by atoms with Gasteiger partial charge in [0, 0.05) is 16.7 Å². The minimum atomic E-state index is 0.0191. The van der Waals surface area contributed by atoms with E-state index in [1.165, 1.54) is 6.34 Å². The molecule has 23 heavy (non-hydrogen) atoms. The second-order valence-electron chi connectivity index (χ2n) is 5.78. The predicted molar refractivity (Wildman–Crippen MR) is 90.6 cm³/mol. The topological polar surface area (TPSA) is 52.9 Å². The highest BCUT2D eigenvalue weighted by atomic mass is 16.5. The fraction of sp³-hybridized carbons (Fsp3) is 0.158. The number of allylic oxidation sites excluding steroid dienone is 6. The number of ketones is 1. The zero-order valence-corrected chi connectivity index (χ0v) is 13.1. The number of carbonyl (C=O) groups excluding carboxylic acids is 1. The Morgan fingerprint density at radius 2 is 1.83 bits per heavy atom. The molecule has 0 saturated carbocycles. The van der Waals surface area contributed by atoms with Crippen LogP contribution in [0.25, 0.3) is 5.70 Å². The largest absolute Gasteiger partial charge is 0.290 e. The molecule has 0 spiro atoms. The molecule has 116 valence electrons. The van der Waals surface area contributed by atoms with Gasteiger partial charge < -0.3 is 0 Å². The maximum Gasteiger partial charge on any atom is 0.182 e. The summed E-state index contributed by atoms with van der Waals surface area (Å²) in [5.74, 6) is 0.149. The van der Waals surface area contributed by atoms with Gasteiger partial charge in [-0.25, -0.2) is 10.1 Å². The fourth-order valence-corrected chi connectivity index (χ4v) is 2.55. The van der Waals surface area contributed by atoms with Crippen LogP contribution in [-0.2, 0) is 4.79 Å². The molecule has 1 heterocycles. The van der Waals surface area contributed by atoms with Gasteiger partial charge in [0.2, 0.25) is 0 Å². The third kappa shape index (κ3) is 3.07. The zero-order chi connectivity index (χ0) is 16.4. The van der Waals surface area contributed by atoms with E-state index < -0.39 is 0 Å². The van der Waals surface area contributed by atoms with Crippen LogP contribution in [0, 0.1) is 5.92 Å². The van der Waals surface area contributed by atoms with Crippen molar-refractivity contribution in [2.24, 2.45) is 10.9 Å². The Labute approximate surface area is 135 Å². The summed E-state index contributed by atoms with van der Waals surface area (Å²) in [4.78, 5) is 16.2. The summed E-state index contributed by atoms with van der Waals surface area (Å²) in [6.45, 7) is 3.96. The van der Waals surface area contributed by atoms with E-state index >= 15 is 0 Å². The summed E-state index contributed by atoms with van der Waals surface area (Å²) in [7, 11) is 0. The first kappa shape index (κ1) is 15.2. The number of aliphatic imine (C=N–C) groups is 1. The van der Waals surface area contributed by atoms with Crippen molar-refractivity contribution in [2.45, 2.75) is 13.8 Å². The van der Waals surface area contributed by atoms with E-state index in [4.69, 9.17) is 0 Å². The average Bonchev–Trinajstić information content (AvgIpc) is 2.56. The number of carbonyl (C=O) groups is 1. The Morgan fingerprint density at radius 1 is 1.09 bits per heavy atom. The molecule has 2 aliphatic rings. The highest BCUT2D eigenvalue weighted by Gasteiger charge is 2.19. The van der Waals surface area contributed by atoms with Gasteiger partial charge in [-0.05, 0) is 30.2 Å². The van der Waals surface area contributed by atoms with E-state index in [1.54, 1.807) is 12.2 Å². The van der Waals surface area contributed by atoms with Crippen molar-refractivity contribution in [2.75, 3.05) is 0 Å². The number of benzene rings is 1. The Balaban J connectivity index is 2.07. The molecule has 4 heteroatoms. The second kappa shape index (κ2) is 6.18. The molecular weight excluding hydrogens is 288 g/mol. The molecule has 0 unspecified atom stereocenters. The molecule has 1 N–H and O–H groups in total. The van der Waals surface area contributed by atoms with E-state index in [9.17, 15) is 10.0 Å². The van der Waals surface area contributed by atoms with Crippen LogP contribution in [-0.4, -0.2) is 22.4 Å². The lowest BCUT2D eigenvalue weighted by atomic mass is 9.91. The molecule has 0 radical (unpaired) electrons. The van der Waals surface area contributed by atoms with E-state index in [1.807, 2.05) is 56.3 Å². The maximum atomic E-state index is 11.9. The molecule has 0 bridgehead atoms. The molecule has 0 atom stereocenters. The van der Waals surface area contributed by atoms with Crippen molar-refractivity contribution in [3.63, 3.8) is 0 Å². The van der Waals surface area contributed by atoms with Crippen molar-refractivity contribution < 1.29 is 10.0 Å². The van der Waals surface area contributed by atoms with Gasteiger partial charge >= 0.3 is 0 Å². The van der Waals surface area contributed by atoms with E-state index in [-0.39, 0.29) is 11.7 Å². The highest BCUT2D eigenvalue weighted by molar-refractivity contribution is 6.06. The van der Waals surface area contributed by atoms with Gasteiger partial charge in [0.1, 0.15) is 6.34 Å². The lowest BCUT2D eigenvalue weighted by Crippen LogP contribution is -2.20. The molecule has 3 rings (SSSR count). The van der Waals surface area contributed by atoms with Gasteiger partial charge in [0.05, 0.1) is 11.4 Å². The van der Waals surface area contributed by atoms with Gasteiger partial charge in [0.25, 0.3) is 0 Å². The monoisotopic (exact) mass is 306 g/mol. The molecule has 0 fully saturated rings. The van der Waals surface area contributed by atoms with Crippen LogP contribution in [0.4, 0.5) is 0 Å². The normalized spacial score (nSPS) is 20.9. The van der Waals surface area contributed by atoms with Crippen molar-refractivity contribution in [3.8, 4) is 0 Å². The van der Waals surface area contributed by atoms with Crippen molar-refractivity contribution in [1.29, 1.82) is 0 Å². The zero-order valence-electron chi connectivity index (χ0n) is 13.1. The Kier molecular flexibility index (Phi) is 4.08. The number of hydrogen-bond donors (Lipinski definition) is 1. The van der Waals surface area contributed by atoms with Gasteiger partial charge in [-0.15, -0.1) is 0 Å². The smallest absolute Gasteiger partial charge is 0.182 e. The van der Waals surface area contributed by atoms with Crippen LogP contribution in [0.15, 0.2) is 76.5 Å². The standard InChI is InChI=1S/C19H18N2O2/c1-13(2)16-10-15(8-9-19(16)22)18-11-17(20-12-21(18)23)14-6-4-3-5-7-14/h3-13,23H,1-2H3. The molecular formula is C19H18N2O2. The first-order chi connectivity index (χ1) is 11.1. The summed E-state index contributed by atoms with van der Waals surface area (Å²) in [6, 6.07) is 9.77. The Morgan fingerprint density at radius 3 is 2.52 bits per heavy atom. The number of hydroxylamine groups is 2. The second-order valence-corrected chi connectivity index (χ2v) is 5.78. The van der Waals surface area contributed by atoms with Crippen molar-refractivity contribution >= 4 is 17.8 Å². The third-order valence-electron chi connectivity index (χ3n) is 3.82. The minimum absolute atomic E-state index is 0.0191. The molecule has 1 aliphatic carbocycles. The first-order valence-corrected chi connectivity index (χ1v) is 7.54. The summed E-state index contributed by atoms with van der Waals surface area (Å²) in [6.07, 6.45) is 8.30. The number of rotatable bonds is 2. The quantitative estimate of drug-likeness (QED) is 0.905. The molecule has 0 aromatic heterocycles. The molecule has 0 saturated heterocycles. The third-order valence-corrected chi connectivity index (χ3v) is 3.82. The van der Waals surface area contributed by atoms with Gasteiger partial charge in [0.15, 0.2) is 5.78 Å². The predicted octanol–water partition coefficient (Wildman–Crippen LogP) is 3.74. The summed E-state index contributed by atoms with van der Waals surface area (Å²) in [5, 5.41) is 11.1. The van der Waals surface area contributed by atoms with Crippen LogP contribution in [0.3, 0.4) is 0 Å². The SMILES string of the molecule is CC(C)C1=CC(=C2C=C(c3ccccc3)N=CN2O)C=CC1=O. The summed E-state index contributed by atoms with van der Waals surface area (Å²) in [5.41, 5.74) is 3.86. The molecule has 1 aromatic carbocycles. The van der Waals surface area contributed by atoms with Gasteiger partial charge in [-0.3, -0.25) is 10.0 Å². The lowest BCUT2D eigenvalue weighted by molar-refractivity contribution is -0.111. The number of nitrogens with zero attached hydrogens (tertiary/aromatic N) is 2. The van der Waals surface area contributed by atoms with Crippen molar-refractivity contribution in [3.05, 3.63) is 77.0 Å². The minimum Gasteiger partial charge on any atom is -0.290 e. The maximum absolute atomic E-state index is 11.9. The van der Waals surface area contributed by atoms with Crippen LogP contribution in [0.5, 0.6) is 0 Å². The Bertz CT molecular complexity index is 781. The molecule has 1 aliphatic heterocycles. The number of hydrogen-bond acceptors (Lipinski definition) is 4. The first-order valence-electron chi connectivity index (χ1n) is 7.54. The van der Waals surface area contributed by atoms with E-state index in [0.717, 1.165) is 27.5 Å². The van der Waals surface area contributed by atoms with Gasteiger partial charge in [-0.2, -0.15) is 0 Å². The van der Waals surface area contributed by atoms with Crippen LogP contribution >= 0.6 is 0 Å². The van der Waals surface area contributed by atoms with E-state index in [0.29, 0.717) is 5.70 Å². The van der Waals surface area contributed by atoms with E-state index in [2.05, 4.69) is 4.99 Å². The molecule has 0 amide bonds. The fourth-order valence-electron chi connectivity index (χ4n) is 2.55. The summed E-state index contributed by atoms with van der Waals surface area (Å²) >= 11 is 0. The van der Waals surface area contributed by atoms with Crippen LogP contribution < -0.4 is 0 Å². The molecule has 4 nitrogen and oxygen atoms in total. The van der Waals surface area contributed by atoms with Crippen LogP contribution in [0.1, 0.15) is 19.4 Å². The highest BCUT2D eigenvalue weighted by Crippen LogP contribution is 2.28. The average molecular weight is 306 g/mol. The van der Waals surface area contributed by atoms with Crippen LogP contribution in [0.2, 0.25) is 0 Å². The Hall–Kier alpha value is -2.72. The van der Waals surface area contributed by atoms with Gasteiger partial charge in [-0.1, -0.05) is 44.2 Å². The summed E-state index contributed by atoms with van der Waals surface area (Å²) < 4.78 is 0. The van der Waals surface area contributed by atoms with Crippen molar-refractivity contribution in [1.82, 2.24) is 5.06 Å². The lowest BCUT2D eigenvalue weighted by Gasteiger charge is -2.22. The molecule has 1 aromatic rings.